The zero-order valence-electron chi connectivity index (χ0n) is 63.3. The molecule has 0 bridgehead atoms. The van der Waals surface area contributed by atoms with Crippen molar-refractivity contribution in [3.63, 3.8) is 0 Å². The van der Waals surface area contributed by atoms with E-state index in [2.05, 4.69) is 43.5 Å². The smallest absolute Gasteiger partial charge is 0.305 e. The van der Waals surface area contributed by atoms with Crippen molar-refractivity contribution < 1.29 is 24.5 Å². The third-order valence-corrected chi connectivity index (χ3v) is 20.2. The number of unbranched alkanes of at least 4 members (excludes halogenated alkanes) is 66. The summed E-state index contributed by atoms with van der Waals surface area (Å²) in [6, 6.07) is -0.624. The molecule has 0 saturated heterocycles. The molecule has 3 N–H and O–H groups in total. The molecule has 0 aromatic carbocycles. The summed E-state index contributed by atoms with van der Waals surface area (Å²) in [6.07, 6.45) is 109. The van der Waals surface area contributed by atoms with E-state index in [-0.39, 0.29) is 18.5 Å². The monoisotopic (exact) mass is 1310 g/mol. The van der Waals surface area contributed by atoms with E-state index in [1.165, 1.54) is 405 Å². The molecule has 0 aromatic heterocycles. The summed E-state index contributed by atoms with van der Waals surface area (Å²) in [4.78, 5) is 24.6. The Labute approximate surface area is 583 Å². The highest BCUT2D eigenvalue weighted by Crippen LogP contribution is 2.21. The molecule has 0 aliphatic rings. The van der Waals surface area contributed by atoms with Crippen LogP contribution >= 0.6 is 0 Å². The van der Waals surface area contributed by atoms with E-state index in [1.807, 2.05) is 6.08 Å². The van der Waals surface area contributed by atoms with Gasteiger partial charge in [0.25, 0.3) is 0 Å². The van der Waals surface area contributed by atoms with E-state index >= 15 is 0 Å². The number of carbonyl (C=O) groups excluding carboxylic acids is 2. The van der Waals surface area contributed by atoms with E-state index in [0.717, 1.165) is 51.4 Å². The first-order chi connectivity index (χ1) is 46.0. The maximum Gasteiger partial charge on any atom is 0.305 e. The molecule has 0 aliphatic heterocycles. The van der Waals surface area contributed by atoms with E-state index in [0.29, 0.717) is 19.4 Å². The molecule has 0 aliphatic carbocycles. The molecule has 550 valence electrons. The second kappa shape index (κ2) is 82.5. The van der Waals surface area contributed by atoms with Gasteiger partial charge in [-0.3, -0.25) is 9.59 Å². The molecular weight excluding hydrogens is 1140 g/mol. The number of aliphatic hydroxyl groups excluding tert-OH is 2. The Kier molecular flexibility index (Phi) is 80.8. The van der Waals surface area contributed by atoms with Gasteiger partial charge in [-0.05, 0) is 64.2 Å². The van der Waals surface area contributed by atoms with Crippen molar-refractivity contribution in [3.8, 4) is 0 Å². The van der Waals surface area contributed by atoms with Crippen LogP contribution in [-0.4, -0.2) is 47.4 Å². The lowest BCUT2D eigenvalue weighted by atomic mass is 10.0. The highest BCUT2D eigenvalue weighted by molar-refractivity contribution is 5.76. The predicted molar refractivity (Wildman–Crippen MR) is 412 cm³/mol. The lowest BCUT2D eigenvalue weighted by Gasteiger charge is -2.20. The van der Waals surface area contributed by atoms with Crippen molar-refractivity contribution in [1.82, 2.24) is 5.32 Å². The van der Waals surface area contributed by atoms with Crippen LogP contribution in [0.1, 0.15) is 483 Å². The standard InChI is InChI=1S/C87H167NO5/c1-3-5-7-9-11-13-15-17-19-21-22-42-45-48-51-55-59-63-67-71-75-79-85(90)84(83-89)88-86(91)80-76-72-68-64-60-56-52-49-46-43-40-38-36-34-32-30-28-26-24-23-25-27-29-31-33-35-37-39-41-44-47-50-54-58-62-66-70-74-78-82-93-87(92)81-77-73-69-65-61-57-53-20-18-16-14-12-10-8-6-4-2/h14,16,20,53,75,79,84-85,89-90H,3-13,15,17-19,21-52,54-74,76-78,80-83H2,1-2H3,(H,88,91)/b16-14-,53-20-,79-75+. The quantitative estimate of drug-likeness (QED) is 0.0320. The molecule has 6 nitrogen and oxygen atoms in total. The van der Waals surface area contributed by atoms with Gasteiger partial charge < -0.3 is 20.3 Å². The van der Waals surface area contributed by atoms with Gasteiger partial charge in [-0.25, -0.2) is 0 Å². The number of carbonyl (C=O) groups is 2. The maximum absolute atomic E-state index is 12.6. The van der Waals surface area contributed by atoms with Crippen LogP contribution in [0.2, 0.25) is 0 Å². The Morgan fingerprint density at radius 1 is 0.301 bits per heavy atom. The van der Waals surface area contributed by atoms with Gasteiger partial charge in [0.15, 0.2) is 0 Å². The maximum atomic E-state index is 12.6. The molecule has 0 rings (SSSR count). The van der Waals surface area contributed by atoms with E-state index in [1.54, 1.807) is 6.08 Å². The van der Waals surface area contributed by atoms with Crippen molar-refractivity contribution in [2.75, 3.05) is 13.2 Å². The Bertz CT molecular complexity index is 1510. The number of ether oxygens (including phenoxy) is 1. The normalized spacial score (nSPS) is 12.6. The highest BCUT2D eigenvalue weighted by Gasteiger charge is 2.18. The van der Waals surface area contributed by atoms with Crippen LogP contribution in [0, 0.1) is 0 Å². The van der Waals surface area contributed by atoms with Gasteiger partial charge in [-0.15, -0.1) is 0 Å². The van der Waals surface area contributed by atoms with Crippen molar-refractivity contribution >= 4 is 11.9 Å². The first-order valence-electron chi connectivity index (χ1n) is 42.8. The fourth-order valence-corrected chi connectivity index (χ4v) is 13.7. The molecule has 0 spiro atoms. The summed E-state index contributed by atoms with van der Waals surface area (Å²) in [5, 5.41) is 23.3. The van der Waals surface area contributed by atoms with E-state index in [4.69, 9.17) is 4.74 Å². The average molecular weight is 1310 g/mol. The molecule has 0 fully saturated rings. The third-order valence-electron chi connectivity index (χ3n) is 20.2. The van der Waals surface area contributed by atoms with Crippen molar-refractivity contribution in [1.29, 1.82) is 0 Å². The molecule has 6 heteroatoms. The average Bonchev–Trinajstić information content (AvgIpc) is 3.78. The molecule has 0 radical (unpaired) electrons. The predicted octanol–water partition coefficient (Wildman–Crippen LogP) is 28.6. The van der Waals surface area contributed by atoms with Gasteiger partial charge in [-0.1, -0.05) is 442 Å². The van der Waals surface area contributed by atoms with Crippen LogP contribution in [0.25, 0.3) is 0 Å². The molecule has 2 unspecified atom stereocenters. The Morgan fingerprint density at radius 2 is 0.538 bits per heavy atom. The molecule has 0 heterocycles. The number of hydrogen-bond acceptors (Lipinski definition) is 5. The van der Waals surface area contributed by atoms with Gasteiger partial charge in [0.1, 0.15) is 0 Å². The number of amides is 1. The molecule has 0 aromatic rings. The highest BCUT2D eigenvalue weighted by atomic mass is 16.5. The summed E-state index contributed by atoms with van der Waals surface area (Å²) in [5.41, 5.74) is 0. The Hall–Kier alpha value is -1.92. The molecule has 0 saturated carbocycles. The minimum absolute atomic E-state index is 0.0111. The number of aliphatic hydroxyl groups is 2. The number of rotatable bonds is 81. The minimum atomic E-state index is -0.841. The zero-order chi connectivity index (χ0) is 67.0. The zero-order valence-corrected chi connectivity index (χ0v) is 63.3. The van der Waals surface area contributed by atoms with Gasteiger partial charge >= 0.3 is 5.97 Å². The van der Waals surface area contributed by atoms with E-state index in [9.17, 15) is 19.8 Å². The minimum Gasteiger partial charge on any atom is -0.466 e. The molecule has 2 atom stereocenters. The summed E-state index contributed by atoms with van der Waals surface area (Å²) in [6.45, 7) is 4.93. The van der Waals surface area contributed by atoms with Crippen LogP contribution in [0.4, 0.5) is 0 Å². The Balaban J connectivity index is 3.32. The SMILES string of the molecule is CCCCCC/C=C\C/C=C\CCCCCCCC(=O)OCCCCCCCCCCCCCCCCCCCCCCCCCCCCCCCCCCCCCCCCCC(=O)NC(CO)C(O)/C=C/CCCCCCCCCCCCCCCCCCCCC. The Morgan fingerprint density at radius 3 is 0.828 bits per heavy atom. The summed E-state index contributed by atoms with van der Waals surface area (Å²) in [5.74, 6) is -0.0458. The molecule has 1 amide bonds. The fraction of sp³-hybridized carbons (Fsp3) is 0.908. The van der Waals surface area contributed by atoms with Crippen molar-refractivity contribution in [2.24, 2.45) is 0 Å². The van der Waals surface area contributed by atoms with Gasteiger partial charge in [-0.2, -0.15) is 0 Å². The van der Waals surface area contributed by atoms with Crippen LogP contribution in [0.3, 0.4) is 0 Å². The van der Waals surface area contributed by atoms with Crippen molar-refractivity contribution in [2.45, 2.75) is 495 Å². The number of nitrogens with one attached hydrogen (secondary N) is 1. The topological polar surface area (TPSA) is 95.9 Å². The van der Waals surface area contributed by atoms with Crippen molar-refractivity contribution in [3.05, 3.63) is 36.5 Å². The van der Waals surface area contributed by atoms with Gasteiger partial charge in [0, 0.05) is 12.8 Å². The van der Waals surface area contributed by atoms with Crippen LogP contribution in [-0.2, 0) is 14.3 Å². The summed E-state index contributed by atoms with van der Waals surface area (Å²) >= 11 is 0. The molecular formula is C87H167NO5. The second-order valence-electron chi connectivity index (χ2n) is 29.5. The summed E-state index contributed by atoms with van der Waals surface area (Å²) in [7, 11) is 0. The lowest BCUT2D eigenvalue weighted by molar-refractivity contribution is -0.143. The number of esters is 1. The van der Waals surface area contributed by atoms with Crippen LogP contribution < -0.4 is 5.32 Å². The van der Waals surface area contributed by atoms with Crippen LogP contribution in [0.5, 0.6) is 0 Å². The first kappa shape index (κ1) is 91.1. The first-order valence-corrected chi connectivity index (χ1v) is 42.8. The number of allylic oxidation sites excluding steroid dienone is 5. The van der Waals surface area contributed by atoms with Crippen LogP contribution in [0.15, 0.2) is 36.5 Å². The summed E-state index contributed by atoms with van der Waals surface area (Å²) < 4.78 is 5.50. The largest absolute Gasteiger partial charge is 0.466 e. The van der Waals surface area contributed by atoms with E-state index < -0.39 is 12.1 Å². The number of hydrogen-bond donors (Lipinski definition) is 3. The fourth-order valence-electron chi connectivity index (χ4n) is 13.7. The third kappa shape index (κ3) is 79.0. The van der Waals surface area contributed by atoms with Gasteiger partial charge in [0.05, 0.1) is 25.4 Å². The second-order valence-corrected chi connectivity index (χ2v) is 29.5. The lowest BCUT2D eigenvalue weighted by Crippen LogP contribution is -2.45. The van der Waals surface area contributed by atoms with Gasteiger partial charge in [0.2, 0.25) is 5.91 Å². The molecule has 93 heavy (non-hydrogen) atoms.